The number of thiazole rings is 1. The lowest BCUT2D eigenvalue weighted by molar-refractivity contribution is -0.137. The predicted octanol–water partition coefficient (Wildman–Crippen LogP) is 3.57. The molecule has 1 fully saturated rings. The number of aliphatic carboxylic acids is 1. The molecule has 2 aromatic rings. The Balaban J connectivity index is 2.07. The molecule has 0 spiro atoms. The summed E-state index contributed by atoms with van der Waals surface area (Å²) in [6.45, 7) is 2.00. The van der Waals surface area contributed by atoms with Gasteiger partial charge in [0.15, 0.2) is 0 Å². The van der Waals surface area contributed by atoms with Crippen LogP contribution in [0.3, 0.4) is 0 Å². The average Bonchev–Trinajstić information content (AvgIpc) is 3.06. The van der Waals surface area contributed by atoms with Crippen molar-refractivity contribution in [3.63, 3.8) is 0 Å². The smallest absolute Gasteiger partial charge is 0.303 e. The maximum absolute atomic E-state index is 11.0. The molecule has 0 bridgehead atoms. The maximum Gasteiger partial charge on any atom is 0.303 e. The van der Waals surface area contributed by atoms with Crippen molar-refractivity contribution >= 4 is 27.5 Å². The number of benzene rings is 1. The van der Waals surface area contributed by atoms with Crippen molar-refractivity contribution in [3.05, 3.63) is 28.8 Å². The fraction of sp³-hybridized carbons (Fsp3) is 0.429. The van der Waals surface area contributed by atoms with Gasteiger partial charge in [-0.3, -0.25) is 4.79 Å². The zero-order chi connectivity index (χ0) is 12.7. The Morgan fingerprint density at radius 1 is 1.56 bits per heavy atom. The monoisotopic (exact) mass is 261 g/mol. The summed E-state index contributed by atoms with van der Waals surface area (Å²) in [6.07, 6.45) is 2.55. The highest BCUT2D eigenvalue weighted by atomic mass is 32.1. The number of aryl methyl sites for hydroxylation is 1. The van der Waals surface area contributed by atoms with Crippen LogP contribution in [-0.4, -0.2) is 16.1 Å². The summed E-state index contributed by atoms with van der Waals surface area (Å²) in [5.41, 5.74) is 2.19. The Bertz CT molecular complexity index is 601. The first-order valence-electron chi connectivity index (χ1n) is 6.23. The highest BCUT2D eigenvalue weighted by Crippen LogP contribution is 2.46. The van der Waals surface area contributed by atoms with E-state index in [1.165, 1.54) is 10.3 Å². The predicted molar refractivity (Wildman–Crippen MR) is 72.1 cm³/mol. The first-order chi connectivity index (χ1) is 8.65. The van der Waals surface area contributed by atoms with E-state index < -0.39 is 5.97 Å². The number of carboxylic acids is 1. The fourth-order valence-electron chi connectivity index (χ4n) is 2.59. The van der Waals surface area contributed by atoms with Crippen molar-refractivity contribution in [1.82, 2.24) is 4.98 Å². The number of carboxylic acid groups (broad SMARTS) is 1. The molecule has 1 saturated carbocycles. The van der Waals surface area contributed by atoms with Gasteiger partial charge in [0.1, 0.15) is 0 Å². The highest BCUT2D eigenvalue weighted by Gasteiger charge is 2.34. The molecular formula is C14H15NO2S. The number of fused-ring (bicyclic) bond motifs is 1. The summed E-state index contributed by atoms with van der Waals surface area (Å²) >= 11 is 1.68. The van der Waals surface area contributed by atoms with E-state index in [4.69, 9.17) is 5.11 Å². The van der Waals surface area contributed by atoms with Crippen LogP contribution in [0.15, 0.2) is 18.2 Å². The van der Waals surface area contributed by atoms with Crippen molar-refractivity contribution in [2.75, 3.05) is 0 Å². The number of rotatable bonds is 4. The summed E-state index contributed by atoms with van der Waals surface area (Å²) in [5, 5.41) is 10.1. The molecule has 0 radical (unpaired) electrons. The van der Waals surface area contributed by atoms with Crippen LogP contribution in [0, 0.1) is 12.8 Å². The SMILES string of the molecule is Cc1nc2cccc(C(CC(=O)O)C3CC3)c2s1. The lowest BCUT2D eigenvalue weighted by atomic mass is 9.91. The molecule has 1 N–H and O–H groups in total. The summed E-state index contributed by atoms with van der Waals surface area (Å²) in [6, 6.07) is 6.08. The highest BCUT2D eigenvalue weighted by molar-refractivity contribution is 7.18. The van der Waals surface area contributed by atoms with E-state index in [0.29, 0.717) is 5.92 Å². The Hall–Kier alpha value is -1.42. The van der Waals surface area contributed by atoms with E-state index in [0.717, 1.165) is 23.4 Å². The minimum Gasteiger partial charge on any atom is -0.481 e. The van der Waals surface area contributed by atoms with Crippen molar-refractivity contribution in [2.45, 2.75) is 32.1 Å². The van der Waals surface area contributed by atoms with Crippen LogP contribution in [0.5, 0.6) is 0 Å². The Morgan fingerprint density at radius 2 is 2.33 bits per heavy atom. The van der Waals surface area contributed by atoms with Crippen LogP contribution < -0.4 is 0 Å². The molecule has 1 unspecified atom stereocenters. The standard InChI is InChI=1S/C14H15NO2S/c1-8-15-12-4-2-3-10(14(12)18-8)11(7-13(16)17)9-5-6-9/h2-4,9,11H,5-7H2,1H3,(H,16,17). The summed E-state index contributed by atoms with van der Waals surface area (Å²) < 4.78 is 1.17. The minimum absolute atomic E-state index is 0.158. The third-order valence-electron chi connectivity index (χ3n) is 3.54. The van der Waals surface area contributed by atoms with Crippen LogP contribution in [0.2, 0.25) is 0 Å². The van der Waals surface area contributed by atoms with Crippen molar-refractivity contribution in [1.29, 1.82) is 0 Å². The quantitative estimate of drug-likeness (QED) is 0.915. The average molecular weight is 261 g/mol. The van der Waals surface area contributed by atoms with Gasteiger partial charge in [-0.1, -0.05) is 12.1 Å². The second-order valence-electron chi connectivity index (χ2n) is 4.97. The molecule has 1 heterocycles. The third-order valence-corrected chi connectivity index (χ3v) is 4.57. The van der Waals surface area contributed by atoms with E-state index in [9.17, 15) is 4.79 Å². The van der Waals surface area contributed by atoms with Gasteiger partial charge >= 0.3 is 5.97 Å². The van der Waals surface area contributed by atoms with Crippen molar-refractivity contribution < 1.29 is 9.90 Å². The minimum atomic E-state index is -0.704. The Labute approximate surface area is 109 Å². The van der Waals surface area contributed by atoms with Gasteiger partial charge in [-0.15, -0.1) is 11.3 Å². The molecule has 0 saturated heterocycles. The second-order valence-corrected chi connectivity index (χ2v) is 6.17. The number of aromatic nitrogens is 1. The van der Waals surface area contributed by atoms with Gasteiger partial charge in [-0.2, -0.15) is 0 Å². The molecule has 1 aromatic heterocycles. The molecule has 0 amide bonds. The molecule has 1 aliphatic carbocycles. The van der Waals surface area contributed by atoms with Crippen LogP contribution in [0.1, 0.15) is 35.8 Å². The van der Waals surface area contributed by atoms with Crippen molar-refractivity contribution in [3.8, 4) is 0 Å². The molecule has 4 heteroatoms. The van der Waals surface area contributed by atoms with Gasteiger partial charge in [0, 0.05) is 0 Å². The van der Waals surface area contributed by atoms with Gasteiger partial charge in [0.25, 0.3) is 0 Å². The summed E-state index contributed by atoms with van der Waals surface area (Å²) in [5.74, 6) is 0.00490. The lowest BCUT2D eigenvalue weighted by Gasteiger charge is -2.14. The van der Waals surface area contributed by atoms with Gasteiger partial charge in [-0.25, -0.2) is 4.98 Å². The molecular weight excluding hydrogens is 246 g/mol. The molecule has 1 atom stereocenters. The van der Waals surface area contributed by atoms with Crippen LogP contribution in [0.4, 0.5) is 0 Å². The van der Waals surface area contributed by atoms with E-state index in [2.05, 4.69) is 11.1 Å². The molecule has 1 aromatic carbocycles. The first-order valence-corrected chi connectivity index (χ1v) is 7.04. The normalized spacial score (nSPS) is 16.9. The van der Waals surface area contributed by atoms with Crippen LogP contribution in [0.25, 0.3) is 10.2 Å². The van der Waals surface area contributed by atoms with Crippen LogP contribution in [-0.2, 0) is 4.79 Å². The molecule has 3 nitrogen and oxygen atoms in total. The molecule has 3 rings (SSSR count). The first kappa shape index (κ1) is 11.7. The second kappa shape index (κ2) is 4.35. The summed E-state index contributed by atoms with van der Waals surface area (Å²) in [4.78, 5) is 15.5. The number of nitrogens with zero attached hydrogens (tertiary/aromatic N) is 1. The van der Waals surface area contributed by atoms with Gasteiger partial charge in [0.05, 0.1) is 21.6 Å². The summed E-state index contributed by atoms with van der Waals surface area (Å²) in [7, 11) is 0. The number of hydrogen-bond acceptors (Lipinski definition) is 3. The van der Waals surface area contributed by atoms with Gasteiger partial charge in [0.2, 0.25) is 0 Å². The Kier molecular flexibility index (Phi) is 2.82. The fourth-order valence-corrected chi connectivity index (χ4v) is 3.59. The van der Waals surface area contributed by atoms with Gasteiger partial charge in [-0.05, 0) is 43.2 Å². The largest absolute Gasteiger partial charge is 0.481 e. The number of hydrogen-bond donors (Lipinski definition) is 1. The van der Waals surface area contributed by atoms with E-state index in [1.807, 2.05) is 19.1 Å². The van der Waals surface area contributed by atoms with Crippen LogP contribution >= 0.6 is 11.3 Å². The zero-order valence-electron chi connectivity index (χ0n) is 10.2. The molecule has 18 heavy (non-hydrogen) atoms. The van der Waals surface area contributed by atoms with E-state index >= 15 is 0 Å². The number of carbonyl (C=O) groups is 1. The zero-order valence-corrected chi connectivity index (χ0v) is 11.0. The molecule has 1 aliphatic rings. The topological polar surface area (TPSA) is 50.2 Å². The Morgan fingerprint density at radius 3 is 3.00 bits per heavy atom. The van der Waals surface area contributed by atoms with Gasteiger partial charge < -0.3 is 5.11 Å². The molecule has 94 valence electrons. The van der Waals surface area contributed by atoms with Crippen molar-refractivity contribution in [2.24, 2.45) is 5.92 Å². The van der Waals surface area contributed by atoms with E-state index in [-0.39, 0.29) is 12.3 Å². The molecule has 0 aliphatic heterocycles. The van der Waals surface area contributed by atoms with E-state index in [1.54, 1.807) is 11.3 Å². The maximum atomic E-state index is 11.0. The third kappa shape index (κ3) is 2.12. The lowest BCUT2D eigenvalue weighted by Crippen LogP contribution is -2.08.